The van der Waals surface area contributed by atoms with Crippen LogP contribution in [0.25, 0.3) is 0 Å². The standard InChI is InChI=1S/C78H143NO3/c1-3-5-7-9-11-13-15-17-19-21-23-25-27-29-31-33-34-35-36-37-38-39-40-41-42-43-44-46-48-50-52-54-56-58-60-62-64-66-68-70-72-74-78(82)79-76(75-80)77(81)73-71-69-67-65-63-61-59-57-55-53-51-49-47-45-32-30-28-26-24-22-20-18-16-14-12-10-8-6-4-2/h5,7,11,13,17,19,23,25,29,31,34-35,71,73,76-77,80-81H,3-4,6,8-10,12,14-16,18,20-22,24,26-28,30,32-33,36-70,72,74-75H2,1-2H3,(H,79,82)/b7-5-,13-11-,19-17-,25-23-,31-29-,35-34-,73-71+. The van der Waals surface area contributed by atoms with Crippen LogP contribution in [0.4, 0.5) is 0 Å². The number of hydrogen-bond donors (Lipinski definition) is 3. The van der Waals surface area contributed by atoms with Crippen molar-refractivity contribution in [1.82, 2.24) is 5.32 Å². The van der Waals surface area contributed by atoms with Gasteiger partial charge in [0.15, 0.2) is 0 Å². The van der Waals surface area contributed by atoms with Gasteiger partial charge in [0.2, 0.25) is 5.91 Å². The molecule has 4 heteroatoms. The Balaban J connectivity index is 3.43. The highest BCUT2D eigenvalue weighted by Gasteiger charge is 2.18. The Labute approximate surface area is 513 Å². The first kappa shape index (κ1) is 79.6. The van der Waals surface area contributed by atoms with Crippen molar-refractivity contribution in [2.24, 2.45) is 0 Å². The molecule has 82 heavy (non-hydrogen) atoms. The highest BCUT2D eigenvalue weighted by atomic mass is 16.3. The summed E-state index contributed by atoms with van der Waals surface area (Å²) in [5.74, 6) is -0.0576. The van der Waals surface area contributed by atoms with Gasteiger partial charge in [0, 0.05) is 6.42 Å². The first-order chi connectivity index (χ1) is 40.7. The molecular weight excluding hydrogens is 999 g/mol. The van der Waals surface area contributed by atoms with Crippen LogP contribution in [0.1, 0.15) is 386 Å². The zero-order valence-electron chi connectivity index (χ0n) is 55.3. The van der Waals surface area contributed by atoms with E-state index in [0.29, 0.717) is 6.42 Å². The number of rotatable bonds is 68. The summed E-state index contributed by atoms with van der Waals surface area (Å²) in [5.41, 5.74) is 0. The summed E-state index contributed by atoms with van der Waals surface area (Å²) < 4.78 is 0. The van der Waals surface area contributed by atoms with Crippen molar-refractivity contribution in [3.63, 3.8) is 0 Å². The number of unbranched alkanes of at least 4 members (excludes halogenated alkanes) is 49. The molecule has 0 aliphatic rings. The van der Waals surface area contributed by atoms with Gasteiger partial charge in [-0.1, -0.05) is 394 Å². The summed E-state index contributed by atoms with van der Waals surface area (Å²) >= 11 is 0. The van der Waals surface area contributed by atoms with Gasteiger partial charge in [0.25, 0.3) is 0 Å². The van der Waals surface area contributed by atoms with Crippen LogP contribution in [0.2, 0.25) is 0 Å². The lowest BCUT2D eigenvalue weighted by Crippen LogP contribution is -2.45. The molecule has 4 nitrogen and oxygen atoms in total. The van der Waals surface area contributed by atoms with Crippen LogP contribution in [0.5, 0.6) is 0 Å². The van der Waals surface area contributed by atoms with E-state index in [0.717, 1.165) is 64.2 Å². The molecular formula is C78H143NO3. The monoisotopic (exact) mass is 1140 g/mol. The molecule has 0 bridgehead atoms. The maximum absolute atomic E-state index is 12.6. The van der Waals surface area contributed by atoms with Crippen molar-refractivity contribution in [2.45, 2.75) is 398 Å². The number of allylic oxidation sites excluding steroid dienone is 13. The van der Waals surface area contributed by atoms with Crippen molar-refractivity contribution in [1.29, 1.82) is 0 Å². The molecule has 0 saturated carbocycles. The molecule has 0 spiro atoms. The van der Waals surface area contributed by atoms with Gasteiger partial charge >= 0.3 is 0 Å². The predicted octanol–water partition coefficient (Wildman–Crippen LogP) is 25.4. The van der Waals surface area contributed by atoms with E-state index in [9.17, 15) is 15.0 Å². The molecule has 2 unspecified atom stereocenters. The first-order valence-corrected chi connectivity index (χ1v) is 36.8. The van der Waals surface area contributed by atoms with E-state index in [2.05, 4.69) is 92.1 Å². The average molecular weight is 1140 g/mol. The van der Waals surface area contributed by atoms with E-state index in [1.165, 1.54) is 302 Å². The van der Waals surface area contributed by atoms with E-state index < -0.39 is 12.1 Å². The number of nitrogens with one attached hydrogen (secondary N) is 1. The number of carbonyl (C=O) groups excluding carboxylic acids is 1. The Hall–Kier alpha value is -2.43. The highest BCUT2D eigenvalue weighted by Crippen LogP contribution is 2.19. The van der Waals surface area contributed by atoms with E-state index in [1.54, 1.807) is 6.08 Å². The molecule has 0 rings (SSSR count). The Bertz CT molecular complexity index is 1440. The Morgan fingerprint density at radius 2 is 0.537 bits per heavy atom. The van der Waals surface area contributed by atoms with Crippen LogP contribution >= 0.6 is 0 Å². The van der Waals surface area contributed by atoms with Gasteiger partial charge < -0.3 is 15.5 Å². The minimum Gasteiger partial charge on any atom is -0.394 e. The summed E-state index contributed by atoms with van der Waals surface area (Å²) in [5, 5.41) is 23.3. The molecule has 0 heterocycles. The van der Waals surface area contributed by atoms with Crippen molar-refractivity contribution in [3.8, 4) is 0 Å². The lowest BCUT2D eigenvalue weighted by molar-refractivity contribution is -0.123. The maximum Gasteiger partial charge on any atom is 0.220 e. The van der Waals surface area contributed by atoms with Crippen LogP contribution < -0.4 is 5.32 Å². The van der Waals surface area contributed by atoms with Crippen molar-refractivity contribution in [2.75, 3.05) is 6.61 Å². The number of carbonyl (C=O) groups is 1. The fourth-order valence-corrected chi connectivity index (χ4v) is 11.4. The van der Waals surface area contributed by atoms with E-state index in [-0.39, 0.29) is 12.5 Å². The maximum atomic E-state index is 12.6. The molecule has 3 N–H and O–H groups in total. The SMILES string of the molecule is CC/C=C\C/C=C\C/C=C\C/C=C\C/C=C\C/C=C\CCCCCCCCCCCCCCCCCCCCCCCCC(=O)NC(CO)C(O)/C=C/CCCCCCCCCCCCCCCCCCCCCCCCCCCCC. The number of aliphatic hydroxyl groups is 2. The van der Waals surface area contributed by atoms with E-state index >= 15 is 0 Å². The number of amides is 1. The highest BCUT2D eigenvalue weighted by molar-refractivity contribution is 5.76. The zero-order valence-corrected chi connectivity index (χ0v) is 55.3. The molecule has 0 radical (unpaired) electrons. The first-order valence-electron chi connectivity index (χ1n) is 36.8. The lowest BCUT2D eigenvalue weighted by Gasteiger charge is -2.20. The third-order valence-electron chi connectivity index (χ3n) is 16.9. The van der Waals surface area contributed by atoms with Crippen LogP contribution in [-0.2, 0) is 4.79 Å². The van der Waals surface area contributed by atoms with Gasteiger partial charge in [0.05, 0.1) is 18.8 Å². The van der Waals surface area contributed by atoms with Crippen LogP contribution in [0.15, 0.2) is 85.1 Å². The van der Waals surface area contributed by atoms with Crippen molar-refractivity contribution >= 4 is 5.91 Å². The summed E-state index contributed by atoms with van der Waals surface area (Å²) in [7, 11) is 0. The molecule has 2 atom stereocenters. The molecule has 0 fully saturated rings. The minimum atomic E-state index is -0.842. The van der Waals surface area contributed by atoms with Crippen LogP contribution in [0.3, 0.4) is 0 Å². The van der Waals surface area contributed by atoms with Gasteiger partial charge in [-0.05, 0) is 70.6 Å². The van der Waals surface area contributed by atoms with Crippen molar-refractivity contribution in [3.05, 3.63) is 85.1 Å². The van der Waals surface area contributed by atoms with Gasteiger partial charge in [-0.2, -0.15) is 0 Å². The topological polar surface area (TPSA) is 69.6 Å². The lowest BCUT2D eigenvalue weighted by atomic mass is 10.0. The molecule has 0 aromatic carbocycles. The Kier molecular flexibility index (Phi) is 70.7. The Morgan fingerprint density at radius 1 is 0.305 bits per heavy atom. The summed E-state index contributed by atoms with van der Waals surface area (Å²) in [4.78, 5) is 12.6. The molecule has 0 aliphatic carbocycles. The van der Waals surface area contributed by atoms with Gasteiger partial charge in [-0.25, -0.2) is 0 Å². The van der Waals surface area contributed by atoms with Crippen LogP contribution in [0, 0.1) is 0 Å². The smallest absolute Gasteiger partial charge is 0.220 e. The normalized spacial score (nSPS) is 13.2. The second-order valence-corrected chi connectivity index (χ2v) is 25.0. The van der Waals surface area contributed by atoms with Crippen LogP contribution in [-0.4, -0.2) is 34.9 Å². The van der Waals surface area contributed by atoms with E-state index in [1.807, 2.05) is 6.08 Å². The second kappa shape index (κ2) is 72.8. The van der Waals surface area contributed by atoms with Gasteiger partial charge in [-0.15, -0.1) is 0 Å². The molecule has 0 aromatic heterocycles. The third-order valence-corrected chi connectivity index (χ3v) is 16.9. The van der Waals surface area contributed by atoms with Gasteiger partial charge in [0.1, 0.15) is 0 Å². The summed E-state index contributed by atoms with van der Waals surface area (Å²) in [6, 6.07) is -0.625. The predicted molar refractivity (Wildman–Crippen MR) is 368 cm³/mol. The number of hydrogen-bond acceptors (Lipinski definition) is 3. The molecule has 0 aromatic rings. The molecule has 1 amide bonds. The molecule has 0 aliphatic heterocycles. The second-order valence-electron chi connectivity index (χ2n) is 25.0. The Morgan fingerprint density at radius 3 is 0.805 bits per heavy atom. The minimum absolute atomic E-state index is 0.0576. The zero-order chi connectivity index (χ0) is 59.1. The van der Waals surface area contributed by atoms with Crippen molar-refractivity contribution < 1.29 is 15.0 Å². The van der Waals surface area contributed by atoms with Gasteiger partial charge in [-0.3, -0.25) is 4.79 Å². The summed E-state index contributed by atoms with van der Waals surface area (Å²) in [6.07, 6.45) is 107. The van der Waals surface area contributed by atoms with E-state index in [4.69, 9.17) is 0 Å². The number of aliphatic hydroxyl groups excluding tert-OH is 2. The fourth-order valence-electron chi connectivity index (χ4n) is 11.4. The molecule has 0 saturated heterocycles. The summed E-state index contributed by atoms with van der Waals surface area (Å²) in [6.45, 7) is 4.23. The quantitative estimate of drug-likeness (QED) is 0.0420. The largest absolute Gasteiger partial charge is 0.394 e. The third kappa shape index (κ3) is 68.4. The average Bonchev–Trinajstić information content (AvgIpc) is 3.50. The fraction of sp³-hybridized carbons (Fsp3) is 0.808. The molecule has 478 valence electrons.